The Morgan fingerprint density at radius 2 is 1.84 bits per heavy atom. The first-order chi connectivity index (χ1) is 12.2. The fraction of sp³-hybridized carbons (Fsp3) is 0.579. The molecule has 2 heterocycles. The van der Waals surface area contributed by atoms with Crippen LogP contribution in [0.3, 0.4) is 0 Å². The maximum Gasteiger partial charge on any atom is 0.147 e. The fourth-order valence-electron chi connectivity index (χ4n) is 4.06. The van der Waals surface area contributed by atoms with E-state index < -0.39 is 0 Å². The molecule has 0 amide bonds. The third-order valence-electron chi connectivity index (χ3n) is 5.63. The van der Waals surface area contributed by atoms with Gasteiger partial charge in [0.05, 0.1) is 12.6 Å². The summed E-state index contributed by atoms with van der Waals surface area (Å²) in [6.45, 7) is 1.31. The molecule has 6 heteroatoms. The van der Waals surface area contributed by atoms with Gasteiger partial charge in [-0.25, -0.2) is 4.39 Å². The standard InChI is InChI=1S/C19H23FN4O/c20-14-5-3-12(4-6-14)17-9-16(25)10-23(17)11-18-21-22-19(13-1-2-13)24(18)15-7-8-15/h3-6,13,15-17,25H,1-2,7-11H2/t16-,17-/m0/s1. The molecule has 5 nitrogen and oxygen atoms in total. The first-order valence-electron chi connectivity index (χ1n) is 9.30. The van der Waals surface area contributed by atoms with Gasteiger partial charge in [-0.15, -0.1) is 10.2 Å². The number of aromatic nitrogens is 3. The van der Waals surface area contributed by atoms with Crippen molar-refractivity contribution in [1.82, 2.24) is 19.7 Å². The highest BCUT2D eigenvalue weighted by molar-refractivity contribution is 5.22. The molecule has 1 aromatic carbocycles. The molecule has 2 aliphatic carbocycles. The Labute approximate surface area is 146 Å². The van der Waals surface area contributed by atoms with Crippen LogP contribution >= 0.6 is 0 Å². The Bertz CT molecular complexity index is 766. The molecule has 0 bridgehead atoms. The Balaban J connectivity index is 1.41. The minimum Gasteiger partial charge on any atom is -0.392 e. The van der Waals surface area contributed by atoms with Crippen molar-refractivity contribution in [1.29, 1.82) is 0 Å². The smallest absolute Gasteiger partial charge is 0.147 e. The number of aliphatic hydroxyl groups excluding tert-OH is 1. The van der Waals surface area contributed by atoms with Crippen molar-refractivity contribution in [2.24, 2.45) is 0 Å². The average Bonchev–Trinajstić information content (AvgIpc) is 3.53. The SMILES string of the molecule is O[C@H]1C[C@@H](c2ccc(F)cc2)N(Cc2nnc(C3CC3)n2C2CC2)C1. The van der Waals surface area contributed by atoms with Crippen LogP contribution in [-0.2, 0) is 6.54 Å². The number of nitrogens with zero attached hydrogens (tertiary/aromatic N) is 4. The topological polar surface area (TPSA) is 54.2 Å². The van der Waals surface area contributed by atoms with Gasteiger partial charge in [-0.1, -0.05) is 12.1 Å². The second-order valence-corrected chi connectivity index (χ2v) is 7.74. The van der Waals surface area contributed by atoms with Crippen molar-refractivity contribution in [2.45, 2.75) is 62.8 Å². The summed E-state index contributed by atoms with van der Waals surface area (Å²) in [5.41, 5.74) is 1.05. The van der Waals surface area contributed by atoms with E-state index in [2.05, 4.69) is 19.7 Å². The molecule has 0 spiro atoms. The van der Waals surface area contributed by atoms with Crippen molar-refractivity contribution in [3.63, 3.8) is 0 Å². The van der Waals surface area contributed by atoms with Crippen LogP contribution in [0.4, 0.5) is 4.39 Å². The van der Waals surface area contributed by atoms with Gasteiger partial charge in [-0.05, 0) is 49.8 Å². The van der Waals surface area contributed by atoms with Gasteiger partial charge in [0, 0.05) is 24.5 Å². The molecular weight excluding hydrogens is 319 g/mol. The highest BCUT2D eigenvalue weighted by Gasteiger charge is 2.38. The van der Waals surface area contributed by atoms with E-state index in [0.29, 0.717) is 31.5 Å². The summed E-state index contributed by atoms with van der Waals surface area (Å²) < 4.78 is 15.6. The zero-order valence-electron chi connectivity index (χ0n) is 14.2. The molecule has 1 saturated heterocycles. The second kappa shape index (κ2) is 5.88. The Kier molecular flexibility index (Phi) is 3.64. The van der Waals surface area contributed by atoms with Gasteiger partial charge in [0.25, 0.3) is 0 Å². The van der Waals surface area contributed by atoms with Gasteiger partial charge in [-0.3, -0.25) is 4.90 Å². The lowest BCUT2D eigenvalue weighted by molar-refractivity contribution is 0.170. The highest BCUT2D eigenvalue weighted by Crippen LogP contribution is 2.45. The minimum atomic E-state index is -0.352. The first kappa shape index (κ1) is 15.5. The second-order valence-electron chi connectivity index (χ2n) is 7.74. The lowest BCUT2D eigenvalue weighted by atomic mass is 10.0. The Morgan fingerprint density at radius 3 is 2.52 bits per heavy atom. The number of halogens is 1. The first-order valence-corrected chi connectivity index (χ1v) is 9.30. The lowest BCUT2D eigenvalue weighted by Gasteiger charge is -2.24. The number of hydrogen-bond acceptors (Lipinski definition) is 4. The molecule has 0 radical (unpaired) electrons. The number of benzene rings is 1. The number of β-amino-alcohol motifs (C(OH)–C–C–N with tert-alkyl or cyclic N) is 1. The van der Waals surface area contributed by atoms with Crippen LogP contribution in [0.5, 0.6) is 0 Å². The van der Waals surface area contributed by atoms with Gasteiger partial charge >= 0.3 is 0 Å². The predicted molar refractivity (Wildman–Crippen MR) is 90.4 cm³/mol. The monoisotopic (exact) mass is 342 g/mol. The third kappa shape index (κ3) is 2.98. The normalized spacial score (nSPS) is 27.1. The van der Waals surface area contributed by atoms with E-state index in [1.807, 2.05) is 12.1 Å². The lowest BCUT2D eigenvalue weighted by Crippen LogP contribution is -2.26. The van der Waals surface area contributed by atoms with Crippen molar-refractivity contribution in [3.8, 4) is 0 Å². The molecule has 2 aromatic rings. The van der Waals surface area contributed by atoms with Crippen LogP contribution in [0.15, 0.2) is 24.3 Å². The van der Waals surface area contributed by atoms with Crippen molar-refractivity contribution < 1.29 is 9.50 Å². The average molecular weight is 342 g/mol. The summed E-state index contributed by atoms with van der Waals surface area (Å²) in [7, 11) is 0. The maximum absolute atomic E-state index is 13.2. The van der Waals surface area contributed by atoms with Crippen molar-refractivity contribution in [3.05, 3.63) is 47.3 Å². The molecule has 3 fully saturated rings. The number of rotatable bonds is 5. The molecule has 2 atom stereocenters. The summed E-state index contributed by atoms with van der Waals surface area (Å²) in [4.78, 5) is 2.26. The quantitative estimate of drug-likeness (QED) is 0.908. The van der Waals surface area contributed by atoms with Crippen molar-refractivity contribution >= 4 is 0 Å². The van der Waals surface area contributed by atoms with E-state index >= 15 is 0 Å². The largest absolute Gasteiger partial charge is 0.392 e. The Morgan fingerprint density at radius 1 is 1.08 bits per heavy atom. The number of hydrogen-bond donors (Lipinski definition) is 1. The van der Waals surface area contributed by atoms with Crippen molar-refractivity contribution in [2.75, 3.05) is 6.54 Å². The minimum absolute atomic E-state index is 0.101. The molecule has 2 saturated carbocycles. The van der Waals surface area contributed by atoms with E-state index in [0.717, 1.165) is 17.2 Å². The maximum atomic E-state index is 13.2. The van der Waals surface area contributed by atoms with Crippen LogP contribution in [-0.4, -0.2) is 37.4 Å². The van der Waals surface area contributed by atoms with E-state index in [4.69, 9.17) is 0 Å². The summed E-state index contributed by atoms with van der Waals surface area (Å²) in [5, 5.41) is 19.2. The third-order valence-corrected chi connectivity index (χ3v) is 5.63. The molecule has 1 aromatic heterocycles. The molecule has 3 aliphatic rings. The van der Waals surface area contributed by atoms with Crippen LogP contribution in [0.1, 0.15) is 67.3 Å². The van der Waals surface area contributed by atoms with Gasteiger partial charge in [0.15, 0.2) is 0 Å². The molecule has 25 heavy (non-hydrogen) atoms. The number of likely N-dealkylation sites (tertiary alicyclic amines) is 1. The summed E-state index contributed by atoms with van der Waals surface area (Å²) >= 11 is 0. The molecule has 5 rings (SSSR count). The van der Waals surface area contributed by atoms with Crippen LogP contribution in [0, 0.1) is 5.82 Å². The summed E-state index contributed by atoms with van der Waals surface area (Å²) in [6, 6.07) is 7.31. The molecule has 1 N–H and O–H groups in total. The molecular formula is C19H23FN4O. The highest BCUT2D eigenvalue weighted by atomic mass is 19.1. The summed E-state index contributed by atoms with van der Waals surface area (Å²) in [5.74, 6) is 2.55. The molecule has 132 valence electrons. The van der Waals surface area contributed by atoms with Crippen LogP contribution < -0.4 is 0 Å². The number of aliphatic hydroxyl groups is 1. The van der Waals surface area contributed by atoms with E-state index in [1.54, 1.807) is 0 Å². The van der Waals surface area contributed by atoms with Gasteiger partial charge < -0.3 is 9.67 Å². The van der Waals surface area contributed by atoms with Gasteiger partial charge in [-0.2, -0.15) is 0 Å². The molecule has 1 aliphatic heterocycles. The zero-order valence-corrected chi connectivity index (χ0v) is 14.2. The molecule has 0 unspecified atom stereocenters. The predicted octanol–water partition coefficient (Wildman–Crippen LogP) is 2.94. The Hall–Kier alpha value is -1.79. The van der Waals surface area contributed by atoms with E-state index in [1.165, 1.54) is 37.8 Å². The van der Waals surface area contributed by atoms with E-state index in [9.17, 15) is 9.50 Å². The van der Waals surface area contributed by atoms with Gasteiger partial charge in [0.2, 0.25) is 0 Å². The van der Waals surface area contributed by atoms with Gasteiger partial charge in [0.1, 0.15) is 17.5 Å². The zero-order chi connectivity index (χ0) is 17.0. The van der Waals surface area contributed by atoms with Crippen LogP contribution in [0.2, 0.25) is 0 Å². The summed E-state index contributed by atoms with van der Waals surface area (Å²) in [6.07, 6.45) is 5.22. The van der Waals surface area contributed by atoms with Crippen LogP contribution in [0.25, 0.3) is 0 Å². The fourth-order valence-corrected chi connectivity index (χ4v) is 4.06. The van der Waals surface area contributed by atoms with E-state index in [-0.39, 0.29) is 18.0 Å².